The Bertz CT molecular complexity index is 560. The fourth-order valence-corrected chi connectivity index (χ4v) is 2.22. The molecule has 0 spiro atoms. The third kappa shape index (κ3) is 5.84. The Morgan fingerprint density at radius 1 is 1.35 bits per heavy atom. The van der Waals surface area contributed by atoms with Crippen LogP contribution in [-0.2, 0) is 9.53 Å². The van der Waals surface area contributed by atoms with E-state index in [-0.39, 0.29) is 17.2 Å². The van der Waals surface area contributed by atoms with Gasteiger partial charge < -0.3 is 15.2 Å². The van der Waals surface area contributed by atoms with E-state index in [2.05, 4.69) is 15.2 Å². The average molecular weight is 317 g/mol. The highest BCUT2D eigenvalue weighted by molar-refractivity contribution is 6.18. The molecule has 6 nitrogen and oxygen atoms in total. The van der Waals surface area contributed by atoms with Crippen LogP contribution in [0.15, 0.2) is 46.7 Å². The van der Waals surface area contributed by atoms with Crippen molar-refractivity contribution in [2.24, 2.45) is 4.99 Å². The summed E-state index contributed by atoms with van der Waals surface area (Å²) in [5.41, 5.74) is 0.855. The largest absolute Gasteiger partial charge is 0.512 e. The molecule has 0 radical (unpaired) electrons. The number of aliphatic imine (C=N–C) groups is 1. The van der Waals surface area contributed by atoms with E-state index in [1.165, 1.54) is 13.1 Å². The van der Waals surface area contributed by atoms with Crippen molar-refractivity contribution in [3.8, 4) is 0 Å². The van der Waals surface area contributed by atoms with Gasteiger partial charge in [0.05, 0.1) is 25.3 Å². The van der Waals surface area contributed by atoms with Gasteiger partial charge in [0.15, 0.2) is 0 Å². The smallest absolute Gasteiger partial charge is 0.260 e. The molecule has 2 N–H and O–H groups in total. The number of carbonyl (C=O) groups is 1. The molecule has 0 unspecified atom stereocenters. The first kappa shape index (κ1) is 17.2. The molecule has 0 atom stereocenters. The van der Waals surface area contributed by atoms with Gasteiger partial charge in [-0.05, 0) is 19.1 Å². The van der Waals surface area contributed by atoms with Gasteiger partial charge >= 0.3 is 0 Å². The van der Waals surface area contributed by atoms with Crippen LogP contribution in [0, 0.1) is 0 Å². The molecule has 6 heteroatoms. The first-order valence-corrected chi connectivity index (χ1v) is 7.73. The minimum Gasteiger partial charge on any atom is -0.512 e. The van der Waals surface area contributed by atoms with Crippen molar-refractivity contribution in [3.63, 3.8) is 0 Å². The lowest BCUT2D eigenvalue weighted by Gasteiger charge is -2.25. The molecular formula is C17H23N3O3. The molecular weight excluding hydrogens is 294 g/mol. The third-order valence-corrected chi connectivity index (χ3v) is 3.54. The number of morpholine rings is 1. The standard InChI is InChI=1S/C17H23N3O3/c1-14(21)16(17(22)19-15-5-3-2-4-6-15)13-18-7-8-20-9-11-23-12-10-20/h2-6,13,21H,7-12H2,1H3,(H,19,22). The highest BCUT2D eigenvalue weighted by Gasteiger charge is 2.12. The summed E-state index contributed by atoms with van der Waals surface area (Å²) in [5.74, 6) is -0.417. The van der Waals surface area contributed by atoms with Gasteiger partial charge in [0.1, 0.15) is 5.76 Å². The van der Waals surface area contributed by atoms with Crippen LogP contribution in [0.4, 0.5) is 5.69 Å². The lowest BCUT2D eigenvalue weighted by atomic mass is 10.2. The molecule has 1 fully saturated rings. The number of nitrogens with one attached hydrogen (secondary N) is 1. The van der Waals surface area contributed by atoms with E-state index in [1.807, 2.05) is 18.2 Å². The highest BCUT2D eigenvalue weighted by atomic mass is 16.5. The molecule has 1 aliphatic heterocycles. The summed E-state index contributed by atoms with van der Waals surface area (Å²) >= 11 is 0. The van der Waals surface area contributed by atoms with Gasteiger partial charge in [-0.15, -0.1) is 0 Å². The average Bonchev–Trinajstić information content (AvgIpc) is 2.56. The SMILES string of the molecule is CC(O)=C(C=NCCN1CCOCC1)C(=O)Nc1ccccc1. The van der Waals surface area contributed by atoms with E-state index in [4.69, 9.17) is 4.74 Å². The summed E-state index contributed by atoms with van der Waals surface area (Å²) in [5, 5.41) is 12.4. The molecule has 1 aromatic carbocycles. The van der Waals surface area contributed by atoms with Crippen molar-refractivity contribution in [2.75, 3.05) is 44.7 Å². The van der Waals surface area contributed by atoms with Gasteiger partial charge in [-0.3, -0.25) is 14.7 Å². The Labute approximate surface area is 136 Å². The van der Waals surface area contributed by atoms with Gasteiger partial charge in [0.2, 0.25) is 0 Å². The number of ether oxygens (including phenoxy) is 1. The number of aliphatic hydroxyl groups is 1. The second-order valence-corrected chi connectivity index (χ2v) is 5.31. The first-order valence-electron chi connectivity index (χ1n) is 7.73. The van der Waals surface area contributed by atoms with E-state index in [0.29, 0.717) is 12.2 Å². The van der Waals surface area contributed by atoms with Crippen LogP contribution >= 0.6 is 0 Å². The molecule has 0 saturated carbocycles. The van der Waals surface area contributed by atoms with Crippen LogP contribution in [0.3, 0.4) is 0 Å². The summed E-state index contributed by atoms with van der Waals surface area (Å²) < 4.78 is 5.29. The van der Waals surface area contributed by atoms with Crippen molar-refractivity contribution < 1.29 is 14.6 Å². The Kier molecular flexibility index (Phi) is 6.77. The Balaban J connectivity index is 1.87. The second-order valence-electron chi connectivity index (χ2n) is 5.31. The second kappa shape index (κ2) is 9.07. The van der Waals surface area contributed by atoms with Crippen molar-refractivity contribution in [3.05, 3.63) is 41.7 Å². The lowest BCUT2D eigenvalue weighted by molar-refractivity contribution is -0.112. The molecule has 23 heavy (non-hydrogen) atoms. The molecule has 1 heterocycles. The quantitative estimate of drug-likeness (QED) is 0.477. The van der Waals surface area contributed by atoms with Gasteiger partial charge in [0.25, 0.3) is 5.91 Å². The summed E-state index contributed by atoms with van der Waals surface area (Å²) in [6.45, 7) is 6.20. The molecule has 2 rings (SSSR count). The van der Waals surface area contributed by atoms with E-state index >= 15 is 0 Å². The predicted molar refractivity (Wildman–Crippen MR) is 91.0 cm³/mol. The van der Waals surface area contributed by atoms with Crippen molar-refractivity contribution in [1.82, 2.24) is 4.90 Å². The highest BCUT2D eigenvalue weighted by Crippen LogP contribution is 2.08. The maximum absolute atomic E-state index is 12.2. The first-order chi connectivity index (χ1) is 11.2. The minimum atomic E-state index is -0.369. The number of para-hydroxylation sites is 1. The van der Waals surface area contributed by atoms with Gasteiger partial charge in [0, 0.05) is 31.5 Å². The summed E-state index contributed by atoms with van der Waals surface area (Å²) in [7, 11) is 0. The zero-order chi connectivity index (χ0) is 16.5. The number of hydrogen-bond acceptors (Lipinski definition) is 5. The maximum Gasteiger partial charge on any atom is 0.260 e. The van der Waals surface area contributed by atoms with Crippen molar-refractivity contribution >= 4 is 17.8 Å². The van der Waals surface area contributed by atoms with Crippen LogP contribution in [0.1, 0.15) is 6.92 Å². The lowest BCUT2D eigenvalue weighted by Crippen LogP contribution is -2.37. The Hall–Kier alpha value is -2.18. The number of rotatable bonds is 6. The van der Waals surface area contributed by atoms with E-state index in [9.17, 15) is 9.90 Å². The topological polar surface area (TPSA) is 74.2 Å². The zero-order valence-electron chi connectivity index (χ0n) is 13.4. The van der Waals surface area contributed by atoms with Crippen molar-refractivity contribution in [1.29, 1.82) is 0 Å². The van der Waals surface area contributed by atoms with Gasteiger partial charge in [-0.2, -0.15) is 0 Å². The monoisotopic (exact) mass is 317 g/mol. The fourth-order valence-electron chi connectivity index (χ4n) is 2.22. The van der Waals surface area contributed by atoms with E-state index in [0.717, 1.165) is 32.8 Å². The summed E-state index contributed by atoms with van der Waals surface area (Å²) in [6.07, 6.45) is 1.44. The van der Waals surface area contributed by atoms with Gasteiger partial charge in [-0.1, -0.05) is 18.2 Å². The fraction of sp³-hybridized carbons (Fsp3) is 0.412. The maximum atomic E-state index is 12.2. The molecule has 1 amide bonds. The molecule has 0 aliphatic carbocycles. The van der Waals surface area contributed by atoms with Crippen LogP contribution in [-0.4, -0.2) is 61.5 Å². The number of anilines is 1. The number of benzene rings is 1. The number of nitrogens with zero attached hydrogens (tertiary/aromatic N) is 2. The molecule has 0 aromatic heterocycles. The predicted octanol–water partition coefficient (Wildman–Crippen LogP) is 1.86. The van der Waals surface area contributed by atoms with Crippen LogP contribution in [0.5, 0.6) is 0 Å². The summed E-state index contributed by atoms with van der Waals surface area (Å²) in [6, 6.07) is 9.12. The van der Waals surface area contributed by atoms with E-state index in [1.54, 1.807) is 12.1 Å². The Morgan fingerprint density at radius 3 is 2.70 bits per heavy atom. The molecule has 1 saturated heterocycles. The van der Waals surface area contributed by atoms with Crippen LogP contribution in [0.25, 0.3) is 0 Å². The molecule has 124 valence electrons. The number of allylic oxidation sites excluding steroid dienone is 1. The van der Waals surface area contributed by atoms with Crippen LogP contribution in [0.2, 0.25) is 0 Å². The number of hydrogen-bond donors (Lipinski definition) is 2. The minimum absolute atomic E-state index is 0.0476. The normalized spacial score (nSPS) is 17.1. The summed E-state index contributed by atoms with van der Waals surface area (Å²) in [4.78, 5) is 18.7. The third-order valence-electron chi connectivity index (χ3n) is 3.54. The number of amides is 1. The molecule has 1 aliphatic rings. The zero-order valence-corrected chi connectivity index (χ0v) is 13.4. The van der Waals surface area contributed by atoms with Gasteiger partial charge in [-0.25, -0.2) is 0 Å². The van der Waals surface area contributed by atoms with E-state index < -0.39 is 0 Å². The molecule has 0 bridgehead atoms. The van der Waals surface area contributed by atoms with Crippen molar-refractivity contribution in [2.45, 2.75) is 6.92 Å². The number of aliphatic hydroxyl groups excluding tert-OH is 1. The Morgan fingerprint density at radius 2 is 2.04 bits per heavy atom. The number of carbonyl (C=O) groups excluding carboxylic acids is 1. The van der Waals surface area contributed by atoms with Crippen LogP contribution < -0.4 is 5.32 Å². The molecule has 1 aromatic rings.